The summed E-state index contributed by atoms with van der Waals surface area (Å²) in [7, 11) is 0. The van der Waals surface area contributed by atoms with E-state index in [4.69, 9.17) is 0 Å². The zero-order valence-electron chi connectivity index (χ0n) is 11.1. The van der Waals surface area contributed by atoms with Gasteiger partial charge in [0.05, 0.1) is 17.3 Å². The van der Waals surface area contributed by atoms with E-state index >= 15 is 0 Å². The van der Waals surface area contributed by atoms with Gasteiger partial charge in [-0.25, -0.2) is 0 Å². The van der Waals surface area contributed by atoms with Crippen LogP contribution >= 0.6 is 0 Å². The second kappa shape index (κ2) is 4.34. The lowest BCUT2D eigenvalue weighted by atomic mass is 9.90. The summed E-state index contributed by atoms with van der Waals surface area (Å²) in [4.78, 5) is 24.6. The maximum atomic E-state index is 12.3. The Balaban J connectivity index is 1.75. The second-order valence-corrected chi connectivity index (χ2v) is 5.21. The first kappa shape index (κ1) is 12.0. The number of carbonyl (C=O) groups excluding carboxylic acids is 2. The van der Waals surface area contributed by atoms with E-state index in [1.165, 1.54) is 0 Å². The number of carbonyl (C=O) groups is 2. The van der Waals surface area contributed by atoms with Crippen LogP contribution in [0.3, 0.4) is 0 Å². The molecule has 2 amide bonds. The first-order valence-corrected chi connectivity index (χ1v) is 6.80. The minimum absolute atomic E-state index is 0.150. The number of nitrogens with one attached hydrogen (secondary N) is 3. The average molecular weight is 279 g/mol. The largest absolute Gasteiger partial charge is 0.371 e. The molecular weight excluding hydrogens is 266 g/mol. The first-order chi connectivity index (χ1) is 10.2. The molecule has 0 aliphatic carbocycles. The molecule has 2 aliphatic rings. The van der Waals surface area contributed by atoms with Gasteiger partial charge in [0.2, 0.25) is 11.8 Å². The van der Waals surface area contributed by atoms with Gasteiger partial charge < -0.3 is 16.0 Å². The Morgan fingerprint density at radius 1 is 0.714 bits per heavy atom. The molecule has 5 heteroatoms. The number of rotatable bonds is 1. The van der Waals surface area contributed by atoms with Crippen molar-refractivity contribution in [2.24, 2.45) is 0 Å². The van der Waals surface area contributed by atoms with Gasteiger partial charge in [-0.3, -0.25) is 9.59 Å². The third kappa shape index (κ3) is 1.78. The van der Waals surface area contributed by atoms with Crippen LogP contribution in [0.1, 0.15) is 11.5 Å². The summed E-state index contributed by atoms with van der Waals surface area (Å²) < 4.78 is 0. The first-order valence-electron chi connectivity index (χ1n) is 6.80. The van der Waals surface area contributed by atoms with Crippen LogP contribution in [0.4, 0.5) is 17.1 Å². The standard InChI is InChI=1S/C16H13N3O2/c20-15-13(9-5-1-2-6-10(9)18-15)14-16(21)19-12-8-4-3-7-11(12)17-14/h1-8,13-14,17H,(H,18,20)(H,19,21). The Morgan fingerprint density at radius 3 is 2.14 bits per heavy atom. The van der Waals surface area contributed by atoms with Crippen LogP contribution in [0.15, 0.2) is 48.5 Å². The summed E-state index contributed by atoms with van der Waals surface area (Å²) in [5.41, 5.74) is 3.21. The number of hydrogen-bond acceptors (Lipinski definition) is 3. The highest BCUT2D eigenvalue weighted by atomic mass is 16.2. The normalized spacial score (nSPS) is 22.7. The second-order valence-electron chi connectivity index (χ2n) is 5.21. The van der Waals surface area contributed by atoms with Gasteiger partial charge in [0, 0.05) is 5.69 Å². The van der Waals surface area contributed by atoms with Gasteiger partial charge in [-0.15, -0.1) is 0 Å². The number of amides is 2. The van der Waals surface area contributed by atoms with E-state index in [1.54, 1.807) is 0 Å². The molecule has 2 aliphatic heterocycles. The van der Waals surface area contributed by atoms with Gasteiger partial charge in [0.1, 0.15) is 6.04 Å². The van der Waals surface area contributed by atoms with Gasteiger partial charge >= 0.3 is 0 Å². The van der Waals surface area contributed by atoms with Crippen molar-refractivity contribution in [2.75, 3.05) is 16.0 Å². The van der Waals surface area contributed by atoms with Crippen molar-refractivity contribution in [1.82, 2.24) is 0 Å². The van der Waals surface area contributed by atoms with Gasteiger partial charge in [-0.05, 0) is 23.8 Å². The molecule has 3 N–H and O–H groups in total. The Morgan fingerprint density at radius 2 is 1.33 bits per heavy atom. The quantitative estimate of drug-likeness (QED) is 0.749. The van der Waals surface area contributed by atoms with Crippen LogP contribution in [0.25, 0.3) is 0 Å². The van der Waals surface area contributed by atoms with E-state index in [9.17, 15) is 9.59 Å². The molecule has 0 spiro atoms. The Kier molecular flexibility index (Phi) is 2.47. The van der Waals surface area contributed by atoms with Gasteiger partial charge in [0.25, 0.3) is 0 Å². The number of anilines is 3. The molecule has 21 heavy (non-hydrogen) atoms. The molecule has 104 valence electrons. The molecule has 2 atom stereocenters. The van der Waals surface area contributed by atoms with Crippen LogP contribution in [-0.4, -0.2) is 17.9 Å². The maximum absolute atomic E-state index is 12.3. The Labute approximate surface area is 121 Å². The summed E-state index contributed by atoms with van der Waals surface area (Å²) >= 11 is 0. The molecule has 0 radical (unpaired) electrons. The summed E-state index contributed by atoms with van der Waals surface area (Å²) in [6.45, 7) is 0. The van der Waals surface area contributed by atoms with Crippen molar-refractivity contribution >= 4 is 28.9 Å². The molecular formula is C16H13N3O2. The minimum atomic E-state index is -0.608. The van der Waals surface area contributed by atoms with Gasteiger partial charge in [-0.2, -0.15) is 0 Å². The lowest BCUT2D eigenvalue weighted by Gasteiger charge is -2.29. The molecule has 0 aromatic heterocycles. The number of benzene rings is 2. The van der Waals surface area contributed by atoms with Crippen LogP contribution < -0.4 is 16.0 Å². The van der Waals surface area contributed by atoms with Crippen molar-refractivity contribution in [3.05, 3.63) is 54.1 Å². The molecule has 2 aromatic carbocycles. The third-order valence-electron chi connectivity index (χ3n) is 3.95. The highest BCUT2D eigenvalue weighted by molar-refractivity contribution is 6.11. The SMILES string of the molecule is O=C1Nc2ccccc2NC1C1C(=O)Nc2ccccc21. The highest BCUT2D eigenvalue weighted by Crippen LogP contribution is 2.38. The monoisotopic (exact) mass is 279 g/mol. The zero-order valence-corrected chi connectivity index (χ0v) is 11.1. The van der Waals surface area contributed by atoms with Crippen LogP contribution in [0, 0.1) is 0 Å². The molecule has 0 fully saturated rings. The van der Waals surface area contributed by atoms with E-state index in [0.29, 0.717) is 0 Å². The lowest BCUT2D eigenvalue weighted by Crippen LogP contribution is -2.45. The summed E-state index contributed by atoms with van der Waals surface area (Å²) in [6.07, 6.45) is 0. The number of para-hydroxylation sites is 3. The summed E-state index contributed by atoms with van der Waals surface area (Å²) in [5.74, 6) is -0.858. The fourth-order valence-electron chi connectivity index (χ4n) is 2.96. The smallest absolute Gasteiger partial charge is 0.248 e. The van der Waals surface area contributed by atoms with Crippen LogP contribution in [0.2, 0.25) is 0 Å². The molecule has 2 aromatic rings. The van der Waals surface area contributed by atoms with Gasteiger partial charge in [0.15, 0.2) is 0 Å². The molecule has 4 rings (SSSR count). The minimum Gasteiger partial charge on any atom is -0.371 e. The zero-order chi connectivity index (χ0) is 14.4. The summed E-state index contributed by atoms with van der Waals surface area (Å²) in [5, 5.41) is 8.87. The Bertz CT molecular complexity index is 757. The van der Waals surface area contributed by atoms with Crippen molar-refractivity contribution < 1.29 is 9.59 Å². The molecule has 5 nitrogen and oxygen atoms in total. The molecule has 0 saturated carbocycles. The molecule has 0 saturated heterocycles. The topological polar surface area (TPSA) is 70.2 Å². The van der Waals surface area contributed by atoms with E-state index < -0.39 is 12.0 Å². The molecule has 2 heterocycles. The predicted octanol–water partition coefficient (Wildman–Crippen LogP) is 2.16. The fourth-order valence-corrected chi connectivity index (χ4v) is 2.96. The van der Waals surface area contributed by atoms with Crippen molar-refractivity contribution in [3.63, 3.8) is 0 Å². The van der Waals surface area contributed by atoms with Crippen LogP contribution in [0.5, 0.6) is 0 Å². The summed E-state index contributed by atoms with van der Waals surface area (Å²) in [6, 6.07) is 14.3. The van der Waals surface area contributed by atoms with Crippen molar-refractivity contribution in [1.29, 1.82) is 0 Å². The lowest BCUT2D eigenvalue weighted by molar-refractivity contribution is -0.123. The fraction of sp³-hybridized carbons (Fsp3) is 0.125. The Hall–Kier alpha value is -2.82. The van der Waals surface area contributed by atoms with E-state index in [-0.39, 0.29) is 11.8 Å². The van der Waals surface area contributed by atoms with E-state index in [0.717, 1.165) is 22.6 Å². The average Bonchev–Trinajstić information content (AvgIpc) is 2.82. The van der Waals surface area contributed by atoms with Crippen LogP contribution in [-0.2, 0) is 9.59 Å². The van der Waals surface area contributed by atoms with Crippen molar-refractivity contribution in [3.8, 4) is 0 Å². The third-order valence-corrected chi connectivity index (χ3v) is 3.95. The molecule has 0 bridgehead atoms. The predicted molar refractivity (Wildman–Crippen MR) is 80.3 cm³/mol. The molecule has 2 unspecified atom stereocenters. The number of fused-ring (bicyclic) bond motifs is 2. The van der Waals surface area contributed by atoms with E-state index in [1.807, 2.05) is 48.5 Å². The van der Waals surface area contributed by atoms with E-state index in [2.05, 4.69) is 16.0 Å². The van der Waals surface area contributed by atoms with Gasteiger partial charge in [-0.1, -0.05) is 30.3 Å². The maximum Gasteiger partial charge on any atom is 0.248 e. The number of hydrogen-bond donors (Lipinski definition) is 3. The van der Waals surface area contributed by atoms with Crippen molar-refractivity contribution in [2.45, 2.75) is 12.0 Å². The highest BCUT2D eigenvalue weighted by Gasteiger charge is 2.42.